The Kier molecular flexibility index (Phi) is 8.50. The highest BCUT2D eigenvalue weighted by Gasteiger charge is 2.21. The molecule has 3 rings (SSSR count). The summed E-state index contributed by atoms with van der Waals surface area (Å²) in [7, 11) is 3.67. The van der Waals surface area contributed by atoms with Gasteiger partial charge >= 0.3 is 0 Å². The number of aromatic nitrogens is 1. The number of hydrogen-bond donors (Lipinski definition) is 2. The van der Waals surface area contributed by atoms with E-state index in [1.54, 1.807) is 29.9 Å². The molecular formula is C26H29FN4O3S. The van der Waals surface area contributed by atoms with E-state index in [0.29, 0.717) is 23.5 Å². The number of thiophene rings is 1. The Bertz CT molecular complexity index is 1340. The Morgan fingerprint density at radius 3 is 2.66 bits per heavy atom. The van der Waals surface area contributed by atoms with Crippen LogP contribution in [0.25, 0.3) is 10.2 Å². The summed E-state index contributed by atoms with van der Waals surface area (Å²) in [5.74, 6) is -0.836. The van der Waals surface area contributed by atoms with Gasteiger partial charge in [-0.25, -0.2) is 4.39 Å². The Labute approximate surface area is 207 Å². The fraction of sp³-hybridized carbons (Fsp3) is 0.269. The zero-order valence-electron chi connectivity index (χ0n) is 20.0. The maximum atomic E-state index is 13.2. The highest BCUT2D eigenvalue weighted by Crippen LogP contribution is 2.29. The summed E-state index contributed by atoms with van der Waals surface area (Å²) in [6.07, 6.45) is 3.58. The second-order valence-electron chi connectivity index (χ2n) is 8.27. The lowest BCUT2D eigenvalue weighted by Crippen LogP contribution is -2.33. The van der Waals surface area contributed by atoms with Crippen molar-refractivity contribution in [3.63, 3.8) is 0 Å². The standard InChI is InChI=1S/C26H29FN4O3S/c1-6-20(28-7-2)21(32)14-30(4)15-22-16(3)23-25(35-22)24(33)19(13-31(23)5)26(34)29-12-17-8-10-18(27)11-9-17/h6-11,13,21,32H,1-2,12,14-15H2,3-5H3,(H,29,34). The zero-order chi connectivity index (χ0) is 25.7. The van der Waals surface area contributed by atoms with E-state index < -0.39 is 12.0 Å². The van der Waals surface area contributed by atoms with Gasteiger partial charge < -0.3 is 15.0 Å². The van der Waals surface area contributed by atoms with E-state index >= 15 is 0 Å². The second-order valence-corrected chi connectivity index (χ2v) is 9.38. The smallest absolute Gasteiger partial charge is 0.257 e. The number of halogens is 1. The molecule has 0 saturated heterocycles. The number of hydrogen-bond acceptors (Lipinski definition) is 6. The molecule has 1 amide bonds. The van der Waals surface area contributed by atoms with Crippen LogP contribution in [-0.2, 0) is 20.1 Å². The summed E-state index contributed by atoms with van der Waals surface area (Å²) in [6.45, 7) is 10.2. The molecule has 1 unspecified atom stereocenters. The molecule has 0 fully saturated rings. The lowest BCUT2D eigenvalue weighted by Gasteiger charge is -2.20. The van der Waals surface area contributed by atoms with Crippen molar-refractivity contribution in [1.82, 2.24) is 14.8 Å². The van der Waals surface area contributed by atoms with Gasteiger partial charge in [-0.2, -0.15) is 0 Å². The lowest BCUT2D eigenvalue weighted by atomic mass is 10.1. The van der Waals surface area contributed by atoms with Gasteiger partial charge in [0.25, 0.3) is 5.91 Å². The number of likely N-dealkylation sites (N-methyl/N-ethyl adjacent to an activating group) is 1. The SMILES string of the molecule is C=CN=C(C=C)C(O)CN(C)Cc1sc2c(=O)c(C(=O)NCc3ccc(F)cc3)cn(C)c2c1C. The number of fused-ring (bicyclic) bond motifs is 1. The Balaban J connectivity index is 1.82. The number of carbonyl (C=O) groups is 1. The molecule has 0 aliphatic carbocycles. The van der Waals surface area contributed by atoms with Gasteiger partial charge in [-0.05, 0) is 43.3 Å². The van der Waals surface area contributed by atoms with E-state index in [9.17, 15) is 19.1 Å². The molecule has 7 nitrogen and oxygen atoms in total. The largest absolute Gasteiger partial charge is 0.385 e. The van der Waals surface area contributed by atoms with Crippen molar-refractivity contribution in [1.29, 1.82) is 0 Å². The molecular weight excluding hydrogens is 467 g/mol. The van der Waals surface area contributed by atoms with Crippen molar-refractivity contribution >= 4 is 33.2 Å². The van der Waals surface area contributed by atoms with Gasteiger partial charge in [0.05, 0.1) is 15.9 Å². The van der Waals surface area contributed by atoms with Crippen molar-refractivity contribution in [2.75, 3.05) is 13.6 Å². The Hall–Kier alpha value is -3.40. The lowest BCUT2D eigenvalue weighted by molar-refractivity contribution is 0.0949. The molecule has 0 saturated carbocycles. The van der Waals surface area contributed by atoms with E-state index in [2.05, 4.69) is 23.5 Å². The van der Waals surface area contributed by atoms with Crippen LogP contribution in [0.4, 0.5) is 4.39 Å². The molecule has 0 bridgehead atoms. The van der Waals surface area contributed by atoms with Crippen LogP contribution in [0, 0.1) is 12.7 Å². The maximum absolute atomic E-state index is 13.2. The number of nitrogens with one attached hydrogen (secondary N) is 1. The van der Waals surface area contributed by atoms with Crippen LogP contribution in [0.15, 0.2) is 65.7 Å². The predicted octanol–water partition coefficient (Wildman–Crippen LogP) is 3.54. The molecule has 0 aliphatic rings. The minimum Gasteiger partial charge on any atom is -0.385 e. The fourth-order valence-corrected chi connectivity index (χ4v) is 5.22. The number of aliphatic hydroxyl groups is 1. The van der Waals surface area contributed by atoms with Crippen molar-refractivity contribution < 1.29 is 14.3 Å². The van der Waals surface area contributed by atoms with Crippen molar-refractivity contribution in [3.8, 4) is 0 Å². The molecule has 2 N–H and O–H groups in total. The van der Waals surface area contributed by atoms with Crippen LogP contribution in [0.3, 0.4) is 0 Å². The fourth-order valence-electron chi connectivity index (χ4n) is 3.84. The average Bonchev–Trinajstić information content (AvgIpc) is 3.15. The number of amides is 1. The van der Waals surface area contributed by atoms with Gasteiger partial charge in [0.15, 0.2) is 0 Å². The van der Waals surface area contributed by atoms with Crippen LogP contribution in [-0.4, -0.2) is 45.9 Å². The quantitative estimate of drug-likeness (QED) is 0.421. The predicted molar refractivity (Wildman–Crippen MR) is 140 cm³/mol. The normalized spacial score (nSPS) is 12.7. The number of pyridine rings is 1. The molecule has 1 aromatic carbocycles. The minimum atomic E-state index is -0.826. The molecule has 0 spiro atoms. The minimum absolute atomic E-state index is 0.0509. The van der Waals surface area contributed by atoms with Gasteiger partial charge in [-0.3, -0.25) is 19.5 Å². The van der Waals surface area contributed by atoms with Crippen LogP contribution < -0.4 is 10.7 Å². The van der Waals surface area contributed by atoms with Crippen molar-refractivity contribution in [3.05, 3.63) is 93.5 Å². The maximum Gasteiger partial charge on any atom is 0.257 e. The topological polar surface area (TPSA) is 86.9 Å². The first-order chi connectivity index (χ1) is 16.7. The van der Waals surface area contributed by atoms with Crippen LogP contribution in [0.2, 0.25) is 0 Å². The van der Waals surface area contributed by atoms with E-state index in [4.69, 9.17) is 0 Å². The number of benzene rings is 1. The van der Waals surface area contributed by atoms with Gasteiger partial charge in [-0.15, -0.1) is 11.3 Å². The summed E-state index contributed by atoms with van der Waals surface area (Å²) in [5.41, 5.74) is 2.62. The molecule has 1 atom stereocenters. The molecule has 0 aliphatic heterocycles. The molecule has 2 heterocycles. The van der Waals surface area contributed by atoms with Crippen LogP contribution in [0.5, 0.6) is 0 Å². The highest BCUT2D eigenvalue weighted by atomic mass is 32.1. The molecule has 9 heteroatoms. The van der Waals surface area contributed by atoms with Crippen molar-refractivity contribution in [2.24, 2.45) is 12.0 Å². The van der Waals surface area contributed by atoms with Gasteiger partial charge in [-0.1, -0.05) is 25.3 Å². The van der Waals surface area contributed by atoms with E-state index in [1.165, 1.54) is 35.7 Å². The zero-order valence-corrected chi connectivity index (χ0v) is 20.9. The third-order valence-corrected chi connectivity index (χ3v) is 6.90. The molecule has 2 aromatic heterocycles. The number of nitrogens with zero attached hydrogens (tertiary/aromatic N) is 3. The first-order valence-corrected chi connectivity index (χ1v) is 11.8. The summed E-state index contributed by atoms with van der Waals surface area (Å²) in [4.78, 5) is 32.9. The molecule has 184 valence electrons. The summed E-state index contributed by atoms with van der Waals surface area (Å²) in [5, 5.41) is 13.2. The number of carbonyl (C=O) groups excluding carboxylic acids is 1. The molecule has 35 heavy (non-hydrogen) atoms. The van der Waals surface area contributed by atoms with Gasteiger partial charge in [0, 0.05) is 44.0 Å². The number of aryl methyl sites for hydroxylation is 2. The molecule has 0 radical (unpaired) electrons. The third-order valence-electron chi connectivity index (χ3n) is 5.64. The first kappa shape index (κ1) is 26.2. The second kappa shape index (κ2) is 11.4. The molecule has 3 aromatic rings. The first-order valence-electron chi connectivity index (χ1n) is 11.0. The van der Waals surface area contributed by atoms with Gasteiger partial charge in [0.2, 0.25) is 5.43 Å². The van der Waals surface area contributed by atoms with Crippen molar-refractivity contribution in [2.45, 2.75) is 26.1 Å². The number of rotatable bonds is 10. The van der Waals surface area contributed by atoms with E-state index in [0.717, 1.165) is 21.5 Å². The Morgan fingerprint density at radius 2 is 2.03 bits per heavy atom. The summed E-state index contributed by atoms with van der Waals surface area (Å²) in [6, 6.07) is 5.81. The summed E-state index contributed by atoms with van der Waals surface area (Å²) < 4.78 is 15.4. The van der Waals surface area contributed by atoms with Crippen LogP contribution in [0.1, 0.15) is 26.4 Å². The average molecular weight is 497 g/mol. The summed E-state index contributed by atoms with van der Waals surface area (Å²) >= 11 is 1.35. The van der Waals surface area contributed by atoms with Crippen LogP contribution >= 0.6 is 11.3 Å². The van der Waals surface area contributed by atoms with Gasteiger partial charge in [0.1, 0.15) is 17.5 Å². The monoisotopic (exact) mass is 496 g/mol. The number of aliphatic hydroxyl groups excluding tert-OH is 1. The third kappa shape index (κ3) is 6.00. The Morgan fingerprint density at radius 1 is 1.34 bits per heavy atom. The van der Waals surface area contributed by atoms with E-state index in [1.807, 2.05) is 18.9 Å². The highest BCUT2D eigenvalue weighted by molar-refractivity contribution is 7.19. The number of aliphatic imine (C=N–C) groups is 1. The van der Waals surface area contributed by atoms with E-state index in [-0.39, 0.29) is 23.4 Å².